The molecule has 0 aromatic carbocycles. The third kappa shape index (κ3) is 3.80. The zero-order chi connectivity index (χ0) is 22.6. The van der Waals surface area contributed by atoms with E-state index in [1.165, 1.54) is 24.0 Å². The smallest absolute Gasteiger partial charge is 0.162 e. The highest BCUT2D eigenvalue weighted by Crippen LogP contribution is 2.48. The number of nitrogens with one attached hydrogen (secondary N) is 1. The molecule has 1 aliphatic carbocycles. The summed E-state index contributed by atoms with van der Waals surface area (Å²) in [6.07, 6.45) is 11.8. The van der Waals surface area contributed by atoms with Gasteiger partial charge in [0.15, 0.2) is 5.82 Å². The molecular formula is C26H35N7. The van der Waals surface area contributed by atoms with Crippen molar-refractivity contribution in [3.63, 3.8) is 0 Å². The van der Waals surface area contributed by atoms with Crippen LogP contribution in [0.25, 0.3) is 11.4 Å². The summed E-state index contributed by atoms with van der Waals surface area (Å²) in [5.41, 5.74) is 11.1. The van der Waals surface area contributed by atoms with E-state index >= 15 is 0 Å². The van der Waals surface area contributed by atoms with Gasteiger partial charge in [-0.25, -0.2) is 15.0 Å². The SMILES string of the molecule is CCCC1(C)Cc2c(-c3nc4c(c(N5CCCC(N)C5)n3)C(C3CC3)CN=C4)ccnc2N1. The summed E-state index contributed by atoms with van der Waals surface area (Å²) >= 11 is 0. The van der Waals surface area contributed by atoms with Gasteiger partial charge in [-0.2, -0.15) is 0 Å². The lowest BCUT2D eigenvalue weighted by Gasteiger charge is -2.35. The minimum absolute atomic E-state index is 0.0371. The Morgan fingerprint density at radius 3 is 2.91 bits per heavy atom. The number of aliphatic imine (C=N–C) groups is 1. The van der Waals surface area contributed by atoms with Crippen LogP contribution in [0.1, 0.15) is 75.1 Å². The van der Waals surface area contributed by atoms with Crippen LogP contribution in [0.5, 0.6) is 0 Å². The number of nitrogens with two attached hydrogens (primary N) is 1. The van der Waals surface area contributed by atoms with E-state index in [9.17, 15) is 0 Å². The minimum Gasteiger partial charge on any atom is -0.364 e. The van der Waals surface area contributed by atoms with Crippen LogP contribution in [-0.4, -0.2) is 52.4 Å². The first-order valence-corrected chi connectivity index (χ1v) is 12.7. The summed E-state index contributed by atoms with van der Waals surface area (Å²) in [7, 11) is 0. The van der Waals surface area contributed by atoms with Crippen molar-refractivity contribution in [2.75, 3.05) is 29.9 Å². The summed E-state index contributed by atoms with van der Waals surface area (Å²) < 4.78 is 0. The van der Waals surface area contributed by atoms with E-state index in [-0.39, 0.29) is 11.6 Å². The molecule has 6 rings (SSSR count). The van der Waals surface area contributed by atoms with Gasteiger partial charge in [-0.05, 0) is 57.4 Å². The second-order valence-electron chi connectivity index (χ2n) is 10.8. The Labute approximate surface area is 196 Å². The van der Waals surface area contributed by atoms with Gasteiger partial charge in [0.1, 0.15) is 11.6 Å². The molecule has 4 aliphatic rings. The van der Waals surface area contributed by atoms with Crippen molar-refractivity contribution in [3.8, 4) is 11.4 Å². The number of hydrogen-bond acceptors (Lipinski definition) is 7. The van der Waals surface area contributed by atoms with E-state index in [0.717, 1.165) is 86.4 Å². The summed E-state index contributed by atoms with van der Waals surface area (Å²) in [6.45, 7) is 7.26. The Balaban J connectivity index is 1.47. The van der Waals surface area contributed by atoms with E-state index in [0.29, 0.717) is 5.92 Å². The van der Waals surface area contributed by atoms with Gasteiger partial charge in [0.05, 0.1) is 5.69 Å². The second-order valence-corrected chi connectivity index (χ2v) is 10.8. The highest BCUT2D eigenvalue weighted by Gasteiger charge is 2.39. The first-order chi connectivity index (χ1) is 16.0. The van der Waals surface area contributed by atoms with Crippen LogP contribution in [0.15, 0.2) is 17.3 Å². The largest absolute Gasteiger partial charge is 0.364 e. The maximum absolute atomic E-state index is 6.40. The first-order valence-electron chi connectivity index (χ1n) is 12.7. The molecule has 1 saturated carbocycles. The van der Waals surface area contributed by atoms with Crippen molar-refractivity contribution < 1.29 is 0 Å². The molecule has 2 aromatic heterocycles. The van der Waals surface area contributed by atoms with Crippen LogP contribution in [0.3, 0.4) is 0 Å². The van der Waals surface area contributed by atoms with Crippen molar-refractivity contribution in [2.24, 2.45) is 16.6 Å². The van der Waals surface area contributed by atoms with Gasteiger partial charge < -0.3 is 16.0 Å². The summed E-state index contributed by atoms with van der Waals surface area (Å²) in [6, 6.07) is 2.29. The Hall–Kier alpha value is -2.54. The van der Waals surface area contributed by atoms with E-state index < -0.39 is 0 Å². The van der Waals surface area contributed by atoms with Crippen LogP contribution >= 0.6 is 0 Å². The molecule has 2 fully saturated rings. The van der Waals surface area contributed by atoms with Gasteiger partial charge in [0.25, 0.3) is 0 Å². The monoisotopic (exact) mass is 445 g/mol. The number of aromatic nitrogens is 3. The molecule has 0 radical (unpaired) electrons. The molecule has 3 aliphatic heterocycles. The molecular weight excluding hydrogens is 410 g/mol. The molecule has 3 unspecified atom stereocenters. The lowest BCUT2D eigenvalue weighted by atomic mass is 9.89. The molecule has 0 spiro atoms. The van der Waals surface area contributed by atoms with Gasteiger partial charge in [0.2, 0.25) is 0 Å². The minimum atomic E-state index is 0.0371. The number of hydrogen-bond donors (Lipinski definition) is 2. The maximum Gasteiger partial charge on any atom is 0.162 e. The summed E-state index contributed by atoms with van der Waals surface area (Å²) in [5, 5.41) is 3.68. The predicted molar refractivity (Wildman–Crippen MR) is 133 cm³/mol. The molecule has 3 atom stereocenters. The van der Waals surface area contributed by atoms with Gasteiger partial charge in [0, 0.05) is 66.2 Å². The average molecular weight is 446 g/mol. The van der Waals surface area contributed by atoms with Crippen LogP contribution in [-0.2, 0) is 6.42 Å². The topological polar surface area (TPSA) is 92.3 Å². The Morgan fingerprint density at radius 1 is 1.24 bits per heavy atom. The highest BCUT2D eigenvalue weighted by molar-refractivity contribution is 5.85. The zero-order valence-electron chi connectivity index (χ0n) is 19.8. The average Bonchev–Trinajstić information content (AvgIpc) is 3.59. The number of anilines is 2. The molecule has 3 N–H and O–H groups in total. The van der Waals surface area contributed by atoms with Crippen LogP contribution in [0.4, 0.5) is 11.6 Å². The fourth-order valence-corrected chi connectivity index (χ4v) is 6.13. The molecule has 5 heterocycles. The normalized spacial score (nSPS) is 28.4. The molecule has 2 aromatic rings. The van der Waals surface area contributed by atoms with Gasteiger partial charge >= 0.3 is 0 Å². The fourth-order valence-electron chi connectivity index (χ4n) is 6.13. The molecule has 0 bridgehead atoms. The van der Waals surface area contributed by atoms with Crippen molar-refractivity contribution in [1.82, 2.24) is 15.0 Å². The lowest BCUT2D eigenvalue weighted by molar-refractivity contribution is 0.483. The number of nitrogens with zero attached hydrogens (tertiary/aromatic N) is 5. The van der Waals surface area contributed by atoms with Crippen molar-refractivity contribution in [2.45, 2.75) is 76.3 Å². The fraction of sp³-hybridized carbons (Fsp3) is 0.615. The predicted octanol–water partition coefficient (Wildman–Crippen LogP) is 3.92. The van der Waals surface area contributed by atoms with E-state index in [1.54, 1.807) is 0 Å². The standard InChI is InChI=1S/C26H35N7/c1-3-9-26(2)12-19-18(8-10-29-23(19)32-26)24-30-21-14-28-13-20(16-6-7-16)22(21)25(31-24)33-11-4-5-17(27)15-33/h8,10,14,16-17,20H,3-7,9,11-13,15,27H2,1-2H3,(H,29,32). The van der Waals surface area contributed by atoms with Crippen LogP contribution in [0.2, 0.25) is 0 Å². The van der Waals surface area contributed by atoms with Crippen molar-refractivity contribution in [1.29, 1.82) is 0 Å². The lowest BCUT2D eigenvalue weighted by Crippen LogP contribution is -2.44. The number of piperidine rings is 1. The molecule has 1 saturated heterocycles. The molecule has 7 nitrogen and oxygen atoms in total. The highest BCUT2D eigenvalue weighted by atomic mass is 15.2. The molecule has 174 valence electrons. The van der Waals surface area contributed by atoms with Crippen LogP contribution in [0, 0.1) is 5.92 Å². The summed E-state index contributed by atoms with van der Waals surface area (Å²) in [5.74, 6) is 4.03. The third-order valence-corrected chi connectivity index (χ3v) is 7.88. The van der Waals surface area contributed by atoms with E-state index in [1.807, 2.05) is 12.4 Å². The van der Waals surface area contributed by atoms with Crippen LogP contribution < -0.4 is 16.0 Å². The Bertz CT molecular complexity index is 1090. The van der Waals surface area contributed by atoms with Gasteiger partial charge in [-0.15, -0.1) is 0 Å². The van der Waals surface area contributed by atoms with Crippen molar-refractivity contribution in [3.05, 3.63) is 29.1 Å². The Kier molecular flexibility index (Phi) is 5.13. The summed E-state index contributed by atoms with van der Waals surface area (Å²) in [4.78, 5) is 22.2. The number of pyridine rings is 1. The quantitative estimate of drug-likeness (QED) is 0.725. The maximum atomic E-state index is 6.40. The van der Waals surface area contributed by atoms with E-state index in [4.69, 9.17) is 20.7 Å². The first kappa shape index (κ1) is 21.0. The van der Waals surface area contributed by atoms with Gasteiger partial charge in [-0.3, -0.25) is 4.99 Å². The Morgan fingerprint density at radius 2 is 2.12 bits per heavy atom. The molecule has 0 amide bonds. The number of rotatable bonds is 5. The number of fused-ring (bicyclic) bond motifs is 2. The van der Waals surface area contributed by atoms with Gasteiger partial charge in [-0.1, -0.05) is 13.3 Å². The third-order valence-electron chi connectivity index (χ3n) is 7.88. The van der Waals surface area contributed by atoms with Crippen molar-refractivity contribution >= 4 is 17.9 Å². The van der Waals surface area contributed by atoms with E-state index in [2.05, 4.69) is 35.1 Å². The molecule has 33 heavy (non-hydrogen) atoms. The second kappa shape index (κ2) is 8.05. The molecule has 7 heteroatoms. The zero-order valence-corrected chi connectivity index (χ0v) is 19.8.